The van der Waals surface area contributed by atoms with E-state index in [0.29, 0.717) is 12.0 Å². The van der Waals surface area contributed by atoms with Gasteiger partial charge in [0.15, 0.2) is 0 Å². The molecule has 2 heteroatoms. The van der Waals surface area contributed by atoms with Crippen LogP contribution < -0.4 is 5.73 Å². The third-order valence-electron chi connectivity index (χ3n) is 3.04. The van der Waals surface area contributed by atoms with Gasteiger partial charge in [0.1, 0.15) is 0 Å². The second-order valence-electron chi connectivity index (χ2n) is 4.06. The van der Waals surface area contributed by atoms with Crippen molar-refractivity contribution in [1.82, 2.24) is 4.90 Å². The van der Waals surface area contributed by atoms with Crippen molar-refractivity contribution in [2.75, 3.05) is 19.6 Å². The van der Waals surface area contributed by atoms with E-state index in [2.05, 4.69) is 18.7 Å². The summed E-state index contributed by atoms with van der Waals surface area (Å²) < 4.78 is 0. The molecular weight excluding hydrogens is 148 g/mol. The maximum atomic E-state index is 6.07. The summed E-state index contributed by atoms with van der Waals surface area (Å²) in [6.07, 6.45) is 3.94. The highest BCUT2D eigenvalue weighted by atomic mass is 15.1. The average Bonchev–Trinajstić information content (AvgIpc) is 2.55. The molecular formula is C10H22N2. The fraction of sp³-hybridized carbons (Fsp3) is 1.00. The zero-order valence-corrected chi connectivity index (χ0v) is 8.42. The van der Waals surface area contributed by atoms with Crippen molar-refractivity contribution in [1.29, 1.82) is 0 Å². The lowest BCUT2D eigenvalue weighted by Gasteiger charge is -2.24. The minimum Gasteiger partial charge on any atom is -0.326 e. The van der Waals surface area contributed by atoms with Crippen molar-refractivity contribution in [3.8, 4) is 0 Å². The number of nitrogens with zero attached hydrogens (tertiary/aromatic N) is 1. The smallest absolute Gasteiger partial charge is 0.0193 e. The molecule has 1 rings (SSSR count). The van der Waals surface area contributed by atoms with Gasteiger partial charge in [-0.05, 0) is 31.8 Å². The van der Waals surface area contributed by atoms with Crippen molar-refractivity contribution in [2.24, 2.45) is 11.7 Å². The van der Waals surface area contributed by atoms with Crippen molar-refractivity contribution < 1.29 is 0 Å². The standard InChI is InChI=1S/C10H22N2/c1-3-9(2)10(11)8-12-6-4-5-7-12/h9-10H,3-8,11H2,1-2H3/t9-,10+/m0/s1. The number of hydrogen-bond acceptors (Lipinski definition) is 2. The highest BCUT2D eigenvalue weighted by Crippen LogP contribution is 2.11. The molecule has 1 saturated heterocycles. The number of rotatable bonds is 4. The van der Waals surface area contributed by atoms with E-state index in [9.17, 15) is 0 Å². The largest absolute Gasteiger partial charge is 0.326 e. The summed E-state index contributed by atoms with van der Waals surface area (Å²) in [4.78, 5) is 2.50. The Morgan fingerprint density at radius 2 is 1.92 bits per heavy atom. The molecule has 0 aromatic carbocycles. The second-order valence-corrected chi connectivity index (χ2v) is 4.06. The van der Waals surface area contributed by atoms with Gasteiger partial charge in [-0.1, -0.05) is 20.3 Å². The molecule has 0 aromatic heterocycles. The number of likely N-dealkylation sites (tertiary alicyclic amines) is 1. The Kier molecular flexibility index (Phi) is 4.02. The van der Waals surface area contributed by atoms with E-state index in [1.807, 2.05) is 0 Å². The predicted octanol–water partition coefficient (Wildman–Crippen LogP) is 1.46. The van der Waals surface area contributed by atoms with E-state index in [1.54, 1.807) is 0 Å². The van der Waals surface area contributed by atoms with Crippen molar-refractivity contribution in [3.63, 3.8) is 0 Å². The summed E-state index contributed by atoms with van der Waals surface area (Å²) in [5.74, 6) is 0.672. The first kappa shape index (κ1) is 10.0. The molecule has 2 atom stereocenters. The first-order valence-corrected chi connectivity index (χ1v) is 5.22. The summed E-state index contributed by atoms with van der Waals surface area (Å²) >= 11 is 0. The summed E-state index contributed by atoms with van der Waals surface area (Å²) in [6, 6.07) is 0.382. The maximum Gasteiger partial charge on any atom is 0.0193 e. The fourth-order valence-corrected chi connectivity index (χ4v) is 1.75. The molecule has 0 amide bonds. The first-order chi connectivity index (χ1) is 5.74. The van der Waals surface area contributed by atoms with Crippen LogP contribution in [0.2, 0.25) is 0 Å². The maximum absolute atomic E-state index is 6.07. The monoisotopic (exact) mass is 170 g/mol. The van der Waals surface area contributed by atoms with Crippen LogP contribution in [0.1, 0.15) is 33.1 Å². The van der Waals surface area contributed by atoms with Crippen LogP contribution >= 0.6 is 0 Å². The molecule has 2 N–H and O–H groups in total. The summed E-state index contributed by atoms with van der Waals surface area (Å²) in [7, 11) is 0. The van der Waals surface area contributed by atoms with Gasteiger partial charge >= 0.3 is 0 Å². The van der Waals surface area contributed by atoms with Gasteiger partial charge in [0.25, 0.3) is 0 Å². The Hall–Kier alpha value is -0.0800. The lowest BCUT2D eigenvalue weighted by molar-refractivity contribution is 0.275. The Labute approximate surface area is 76.1 Å². The molecule has 0 aliphatic carbocycles. The molecule has 0 saturated carbocycles. The van der Waals surface area contributed by atoms with E-state index < -0.39 is 0 Å². The fourth-order valence-electron chi connectivity index (χ4n) is 1.75. The van der Waals surface area contributed by atoms with Gasteiger partial charge in [-0.15, -0.1) is 0 Å². The van der Waals surface area contributed by atoms with E-state index in [1.165, 1.54) is 32.4 Å². The van der Waals surface area contributed by atoms with E-state index >= 15 is 0 Å². The molecule has 1 aliphatic heterocycles. The van der Waals surface area contributed by atoms with Crippen LogP contribution in [0.3, 0.4) is 0 Å². The van der Waals surface area contributed by atoms with Crippen molar-refractivity contribution >= 4 is 0 Å². The van der Waals surface area contributed by atoms with Gasteiger partial charge in [-0.2, -0.15) is 0 Å². The quantitative estimate of drug-likeness (QED) is 0.692. The summed E-state index contributed by atoms with van der Waals surface area (Å²) in [5, 5.41) is 0. The van der Waals surface area contributed by atoms with Gasteiger partial charge in [0, 0.05) is 12.6 Å². The molecule has 1 aliphatic rings. The molecule has 12 heavy (non-hydrogen) atoms. The van der Waals surface area contributed by atoms with Crippen molar-refractivity contribution in [3.05, 3.63) is 0 Å². The molecule has 0 spiro atoms. The van der Waals surface area contributed by atoms with E-state index in [-0.39, 0.29) is 0 Å². The third-order valence-corrected chi connectivity index (χ3v) is 3.04. The molecule has 72 valence electrons. The van der Waals surface area contributed by atoms with Crippen molar-refractivity contribution in [2.45, 2.75) is 39.2 Å². The minimum absolute atomic E-state index is 0.382. The van der Waals surface area contributed by atoms with Crippen LogP contribution in [0, 0.1) is 5.92 Å². The minimum atomic E-state index is 0.382. The topological polar surface area (TPSA) is 29.3 Å². The van der Waals surface area contributed by atoms with E-state index in [4.69, 9.17) is 5.73 Å². The Bertz CT molecular complexity index is 119. The summed E-state index contributed by atoms with van der Waals surface area (Å²) in [5.41, 5.74) is 6.07. The van der Waals surface area contributed by atoms with Crippen LogP contribution in [0.15, 0.2) is 0 Å². The first-order valence-electron chi connectivity index (χ1n) is 5.22. The highest BCUT2D eigenvalue weighted by Gasteiger charge is 2.17. The Morgan fingerprint density at radius 3 is 2.42 bits per heavy atom. The number of hydrogen-bond donors (Lipinski definition) is 1. The van der Waals surface area contributed by atoms with Crippen LogP contribution in [0.5, 0.6) is 0 Å². The zero-order chi connectivity index (χ0) is 8.97. The third kappa shape index (κ3) is 2.76. The van der Waals surface area contributed by atoms with Crippen LogP contribution in [-0.4, -0.2) is 30.6 Å². The van der Waals surface area contributed by atoms with Gasteiger partial charge in [-0.25, -0.2) is 0 Å². The van der Waals surface area contributed by atoms with Gasteiger partial charge in [0.05, 0.1) is 0 Å². The molecule has 0 aromatic rings. The zero-order valence-electron chi connectivity index (χ0n) is 8.42. The van der Waals surface area contributed by atoms with Crippen LogP contribution in [0.25, 0.3) is 0 Å². The van der Waals surface area contributed by atoms with Gasteiger partial charge in [0.2, 0.25) is 0 Å². The molecule has 1 fully saturated rings. The lowest BCUT2D eigenvalue weighted by atomic mass is 10.00. The Morgan fingerprint density at radius 1 is 1.33 bits per heavy atom. The second kappa shape index (κ2) is 4.83. The number of nitrogens with two attached hydrogens (primary N) is 1. The van der Waals surface area contributed by atoms with Crippen LogP contribution in [0.4, 0.5) is 0 Å². The molecule has 0 bridgehead atoms. The highest BCUT2D eigenvalue weighted by molar-refractivity contribution is 4.75. The average molecular weight is 170 g/mol. The molecule has 0 radical (unpaired) electrons. The Balaban J connectivity index is 2.19. The van der Waals surface area contributed by atoms with Crippen LogP contribution in [-0.2, 0) is 0 Å². The molecule has 2 nitrogen and oxygen atoms in total. The van der Waals surface area contributed by atoms with Gasteiger partial charge in [-0.3, -0.25) is 0 Å². The van der Waals surface area contributed by atoms with Gasteiger partial charge < -0.3 is 10.6 Å². The SMILES string of the molecule is CC[C@H](C)[C@H](N)CN1CCCC1. The molecule has 0 unspecified atom stereocenters. The normalized spacial score (nSPS) is 24.2. The lowest BCUT2D eigenvalue weighted by Crippen LogP contribution is -2.40. The summed E-state index contributed by atoms with van der Waals surface area (Å²) in [6.45, 7) is 8.11. The predicted molar refractivity (Wildman–Crippen MR) is 53.1 cm³/mol. The molecule has 1 heterocycles. The van der Waals surface area contributed by atoms with E-state index in [0.717, 1.165) is 6.54 Å².